The highest BCUT2D eigenvalue weighted by atomic mass is 32.2. The van der Waals surface area contributed by atoms with Gasteiger partial charge < -0.3 is 14.8 Å². The summed E-state index contributed by atoms with van der Waals surface area (Å²) in [7, 11) is 1.95. The number of aromatic nitrogens is 2. The van der Waals surface area contributed by atoms with E-state index in [0.717, 1.165) is 28.5 Å². The highest BCUT2D eigenvalue weighted by Gasteiger charge is 2.24. The summed E-state index contributed by atoms with van der Waals surface area (Å²) in [6.45, 7) is 0.690. The highest BCUT2D eigenvalue weighted by Crippen LogP contribution is 2.30. The minimum absolute atomic E-state index is 0.0996. The summed E-state index contributed by atoms with van der Waals surface area (Å²) in [6.07, 6.45) is 3.23. The SMILES string of the molecule is Cn1c(-c2ccccc2)cnc1SCC(=O)Nc1ccccc1N1CCCC1=O. The molecule has 0 saturated carbocycles. The lowest BCUT2D eigenvalue weighted by Gasteiger charge is -2.19. The maximum absolute atomic E-state index is 12.6. The third-order valence-corrected chi connectivity index (χ3v) is 5.93. The fourth-order valence-corrected chi connectivity index (χ4v) is 4.19. The molecule has 29 heavy (non-hydrogen) atoms. The molecule has 2 amide bonds. The zero-order chi connectivity index (χ0) is 20.2. The van der Waals surface area contributed by atoms with Crippen LogP contribution in [-0.4, -0.2) is 33.7 Å². The van der Waals surface area contributed by atoms with Crippen LogP contribution in [0.25, 0.3) is 11.3 Å². The van der Waals surface area contributed by atoms with Crippen molar-refractivity contribution in [3.63, 3.8) is 0 Å². The van der Waals surface area contributed by atoms with E-state index in [1.54, 1.807) is 4.90 Å². The largest absolute Gasteiger partial charge is 0.324 e. The lowest BCUT2D eigenvalue weighted by atomic mass is 10.2. The van der Waals surface area contributed by atoms with Gasteiger partial charge in [-0.05, 0) is 24.1 Å². The quantitative estimate of drug-likeness (QED) is 0.630. The van der Waals surface area contributed by atoms with E-state index in [1.807, 2.05) is 72.4 Å². The highest BCUT2D eigenvalue weighted by molar-refractivity contribution is 7.99. The van der Waals surface area contributed by atoms with Crippen LogP contribution < -0.4 is 10.2 Å². The molecule has 3 aromatic rings. The summed E-state index contributed by atoms with van der Waals surface area (Å²) in [5.74, 6) is 0.211. The molecule has 148 valence electrons. The summed E-state index contributed by atoms with van der Waals surface area (Å²) in [4.78, 5) is 30.8. The van der Waals surface area contributed by atoms with Crippen LogP contribution in [0.2, 0.25) is 0 Å². The standard InChI is InChI=1S/C22H22N4O2S/c1-25-19(16-8-3-2-4-9-16)14-23-22(25)29-15-20(27)24-17-10-5-6-11-18(17)26-13-7-12-21(26)28/h2-6,8-11,14H,7,12-13,15H2,1H3,(H,24,27). The third-order valence-electron chi connectivity index (χ3n) is 4.89. The summed E-state index contributed by atoms with van der Waals surface area (Å²) in [5, 5.41) is 3.73. The minimum Gasteiger partial charge on any atom is -0.324 e. The van der Waals surface area contributed by atoms with Crippen molar-refractivity contribution in [1.29, 1.82) is 0 Å². The molecule has 1 saturated heterocycles. The zero-order valence-corrected chi connectivity index (χ0v) is 17.0. The molecule has 2 aromatic carbocycles. The number of carbonyl (C=O) groups is 2. The van der Waals surface area contributed by atoms with Gasteiger partial charge in [-0.25, -0.2) is 4.98 Å². The first-order chi connectivity index (χ1) is 14.1. The fourth-order valence-electron chi connectivity index (χ4n) is 3.44. The molecule has 7 heteroatoms. The number of nitrogens with zero attached hydrogens (tertiary/aromatic N) is 3. The number of anilines is 2. The predicted octanol–water partition coefficient (Wildman–Crippen LogP) is 3.94. The van der Waals surface area contributed by atoms with E-state index in [2.05, 4.69) is 10.3 Å². The molecule has 0 bridgehead atoms. The molecular weight excluding hydrogens is 384 g/mol. The van der Waals surface area contributed by atoms with Gasteiger partial charge in [0.05, 0.1) is 29.0 Å². The average molecular weight is 407 g/mol. The number of para-hydroxylation sites is 2. The first kappa shape index (κ1) is 19.3. The fraction of sp³-hybridized carbons (Fsp3) is 0.227. The molecule has 1 aliphatic rings. The van der Waals surface area contributed by atoms with Crippen LogP contribution in [0.4, 0.5) is 11.4 Å². The number of hydrogen-bond donors (Lipinski definition) is 1. The van der Waals surface area contributed by atoms with Crippen LogP contribution in [0.15, 0.2) is 66.0 Å². The average Bonchev–Trinajstić information content (AvgIpc) is 3.33. The lowest BCUT2D eigenvalue weighted by Crippen LogP contribution is -2.26. The molecule has 0 unspecified atom stereocenters. The molecule has 0 aliphatic carbocycles. The molecule has 4 rings (SSSR count). The van der Waals surface area contributed by atoms with Crippen molar-refractivity contribution in [1.82, 2.24) is 9.55 Å². The van der Waals surface area contributed by atoms with Crippen LogP contribution in [0.5, 0.6) is 0 Å². The van der Waals surface area contributed by atoms with E-state index in [0.29, 0.717) is 18.7 Å². The second-order valence-corrected chi connectivity index (χ2v) is 7.80. The van der Waals surface area contributed by atoms with Crippen molar-refractivity contribution in [2.75, 3.05) is 22.5 Å². The number of amides is 2. The van der Waals surface area contributed by atoms with Gasteiger partial charge in [0, 0.05) is 20.0 Å². The minimum atomic E-state index is -0.127. The summed E-state index contributed by atoms with van der Waals surface area (Å²) in [5.41, 5.74) is 3.52. The number of hydrogen-bond acceptors (Lipinski definition) is 4. The molecule has 0 atom stereocenters. The summed E-state index contributed by atoms with van der Waals surface area (Å²) < 4.78 is 1.99. The van der Waals surface area contributed by atoms with Crippen molar-refractivity contribution in [3.05, 3.63) is 60.8 Å². The first-order valence-corrected chi connectivity index (χ1v) is 10.5. The predicted molar refractivity (Wildman–Crippen MR) is 116 cm³/mol. The number of nitrogens with one attached hydrogen (secondary N) is 1. The molecule has 6 nitrogen and oxygen atoms in total. The smallest absolute Gasteiger partial charge is 0.234 e. The molecular formula is C22H22N4O2S. The Morgan fingerprint density at radius 1 is 1.14 bits per heavy atom. The van der Waals surface area contributed by atoms with Crippen molar-refractivity contribution in [3.8, 4) is 11.3 Å². The number of benzene rings is 2. The van der Waals surface area contributed by atoms with E-state index in [9.17, 15) is 9.59 Å². The van der Waals surface area contributed by atoms with Crippen LogP contribution in [-0.2, 0) is 16.6 Å². The molecule has 2 heterocycles. The zero-order valence-electron chi connectivity index (χ0n) is 16.2. The second-order valence-electron chi connectivity index (χ2n) is 6.85. The van der Waals surface area contributed by atoms with Crippen LogP contribution in [0.3, 0.4) is 0 Å². The van der Waals surface area contributed by atoms with Crippen LogP contribution in [0, 0.1) is 0 Å². The van der Waals surface area contributed by atoms with Gasteiger partial charge in [-0.15, -0.1) is 0 Å². The number of imidazole rings is 1. The Morgan fingerprint density at radius 3 is 2.66 bits per heavy atom. The normalized spacial score (nSPS) is 13.7. The molecule has 0 radical (unpaired) electrons. The van der Waals surface area contributed by atoms with Gasteiger partial charge in [0.2, 0.25) is 11.8 Å². The van der Waals surface area contributed by atoms with E-state index >= 15 is 0 Å². The maximum atomic E-state index is 12.6. The summed E-state index contributed by atoms with van der Waals surface area (Å²) in [6, 6.07) is 17.5. The van der Waals surface area contributed by atoms with Gasteiger partial charge in [0.25, 0.3) is 0 Å². The number of rotatable bonds is 6. The first-order valence-electron chi connectivity index (χ1n) is 9.52. The Hall–Kier alpha value is -3.06. The molecule has 1 aromatic heterocycles. The van der Waals surface area contributed by atoms with Gasteiger partial charge >= 0.3 is 0 Å². The lowest BCUT2D eigenvalue weighted by molar-refractivity contribution is -0.117. The summed E-state index contributed by atoms with van der Waals surface area (Å²) >= 11 is 1.39. The van der Waals surface area contributed by atoms with Crippen molar-refractivity contribution < 1.29 is 9.59 Å². The Kier molecular flexibility index (Phi) is 5.67. The Bertz CT molecular complexity index is 1030. The molecule has 1 fully saturated rings. The molecule has 1 N–H and O–H groups in total. The number of carbonyl (C=O) groups excluding carboxylic acids is 2. The van der Waals surface area contributed by atoms with Crippen LogP contribution in [0.1, 0.15) is 12.8 Å². The van der Waals surface area contributed by atoms with E-state index in [4.69, 9.17) is 0 Å². The molecule has 1 aliphatic heterocycles. The van der Waals surface area contributed by atoms with E-state index in [-0.39, 0.29) is 17.6 Å². The Morgan fingerprint density at radius 2 is 1.90 bits per heavy atom. The Balaban J connectivity index is 1.42. The van der Waals surface area contributed by atoms with Crippen molar-refractivity contribution in [2.24, 2.45) is 7.05 Å². The monoisotopic (exact) mass is 406 g/mol. The second kappa shape index (κ2) is 8.53. The van der Waals surface area contributed by atoms with Gasteiger partial charge in [-0.1, -0.05) is 54.2 Å². The van der Waals surface area contributed by atoms with Gasteiger partial charge in [0.15, 0.2) is 5.16 Å². The van der Waals surface area contributed by atoms with Gasteiger partial charge in [-0.2, -0.15) is 0 Å². The Labute approximate surface area is 173 Å². The maximum Gasteiger partial charge on any atom is 0.234 e. The van der Waals surface area contributed by atoms with E-state index < -0.39 is 0 Å². The topological polar surface area (TPSA) is 67.2 Å². The number of thioether (sulfide) groups is 1. The van der Waals surface area contributed by atoms with Gasteiger partial charge in [-0.3, -0.25) is 9.59 Å². The van der Waals surface area contributed by atoms with Crippen molar-refractivity contribution in [2.45, 2.75) is 18.0 Å². The molecule has 0 spiro atoms. The van der Waals surface area contributed by atoms with Gasteiger partial charge in [0.1, 0.15) is 0 Å². The third kappa shape index (κ3) is 4.19. The van der Waals surface area contributed by atoms with E-state index in [1.165, 1.54) is 11.8 Å². The van der Waals surface area contributed by atoms with Crippen LogP contribution >= 0.6 is 11.8 Å². The van der Waals surface area contributed by atoms with Crippen molar-refractivity contribution >= 4 is 35.0 Å².